The van der Waals surface area contributed by atoms with E-state index in [1.165, 1.54) is 16.5 Å². The van der Waals surface area contributed by atoms with E-state index in [2.05, 4.69) is 101 Å². The zero-order valence-electron chi connectivity index (χ0n) is 17.5. The molecule has 0 atom stereocenters. The lowest BCUT2D eigenvalue weighted by Gasteiger charge is -2.08. The van der Waals surface area contributed by atoms with Gasteiger partial charge in [0, 0.05) is 27.1 Å². The molecule has 0 aliphatic carbocycles. The fraction of sp³-hybridized carbons (Fsp3) is 0. The molecule has 0 radical (unpaired) electrons. The summed E-state index contributed by atoms with van der Waals surface area (Å²) in [5.41, 5.74) is 8.33. The van der Waals surface area contributed by atoms with Crippen LogP contribution in [0.1, 0.15) is 0 Å². The van der Waals surface area contributed by atoms with Crippen LogP contribution in [0.5, 0.6) is 0 Å². The number of benzene rings is 5. The maximum atomic E-state index is 6.25. The van der Waals surface area contributed by atoms with Gasteiger partial charge in [-0.15, -0.1) is 0 Å². The quantitative estimate of drug-likeness (QED) is 0.206. The third-order valence-corrected chi connectivity index (χ3v) is 7.24. The highest BCUT2D eigenvalue weighted by Gasteiger charge is 2.16. The molecule has 7 aromatic rings. The number of rotatable bonds is 2. The lowest BCUT2D eigenvalue weighted by molar-refractivity contribution is 0.666. The third-order valence-electron chi connectivity index (χ3n) is 6.39. The largest absolute Gasteiger partial charge is 0.455 e. The van der Waals surface area contributed by atoms with Gasteiger partial charge in [0.05, 0.1) is 3.57 Å². The van der Waals surface area contributed by atoms with Gasteiger partial charge in [-0.25, -0.2) is 0 Å². The first-order valence-electron chi connectivity index (χ1n) is 10.9. The Morgan fingerprint density at radius 3 is 1.85 bits per heavy atom. The second-order valence-electron chi connectivity index (χ2n) is 8.26. The van der Waals surface area contributed by atoms with Gasteiger partial charge >= 0.3 is 0 Å². The number of hydrogen-bond donors (Lipinski definition) is 0. The van der Waals surface area contributed by atoms with Gasteiger partial charge in [-0.2, -0.15) is 0 Å². The molecule has 0 N–H and O–H groups in total. The van der Waals surface area contributed by atoms with Gasteiger partial charge in [0.2, 0.25) is 0 Å². The molecule has 0 amide bonds. The van der Waals surface area contributed by atoms with Crippen molar-refractivity contribution in [1.29, 1.82) is 0 Å². The maximum absolute atomic E-state index is 6.25. The van der Waals surface area contributed by atoms with Crippen molar-refractivity contribution in [2.75, 3.05) is 0 Å². The lowest BCUT2D eigenvalue weighted by Crippen LogP contribution is -1.84. The van der Waals surface area contributed by atoms with Gasteiger partial charge in [-0.05, 0) is 57.5 Å². The molecule has 3 heteroatoms. The molecule has 0 aliphatic rings. The van der Waals surface area contributed by atoms with E-state index in [-0.39, 0.29) is 0 Å². The monoisotopic (exact) mass is 536 g/mol. The van der Waals surface area contributed by atoms with Crippen molar-refractivity contribution >= 4 is 66.5 Å². The van der Waals surface area contributed by atoms with E-state index in [1.54, 1.807) is 0 Å². The maximum Gasteiger partial charge on any atom is 0.149 e. The minimum atomic E-state index is 0.921. The van der Waals surface area contributed by atoms with Gasteiger partial charge < -0.3 is 8.83 Å². The number of furan rings is 2. The van der Waals surface area contributed by atoms with Gasteiger partial charge in [-0.1, -0.05) is 84.9 Å². The molecular formula is C30H17IO2. The molecule has 0 aliphatic heterocycles. The third kappa shape index (κ3) is 2.85. The molecule has 0 saturated heterocycles. The van der Waals surface area contributed by atoms with Gasteiger partial charge in [-0.3, -0.25) is 0 Å². The van der Waals surface area contributed by atoms with Crippen LogP contribution in [0.3, 0.4) is 0 Å². The first kappa shape index (κ1) is 18.9. The standard InChI is InChI=1S/C30H17IO2/c31-25-17-16-20(28-24-7-2-4-11-27(24)33-30(25)28)18-12-14-19(15-13-18)21-8-5-9-23-22-6-1-3-10-26(22)32-29(21)23/h1-17H. The van der Waals surface area contributed by atoms with Crippen molar-refractivity contribution in [3.8, 4) is 22.3 Å². The van der Waals surface area contributed by atoms with E-state index in [1.807, 2.05) is 24.3 Å². The summed E-state index contributed by atoms with van der Waals surface area (Å²) in [5, 5.41) is 4.62. The van der Waals surface area contributed by atoms with Crippen LogP contribution >= 0.6 is 22.6 Å². The molecule has 0 bridgehead atoms. The molecule has 0 spiro atoms. The summed E-state index contributed by atoms with van der Waals surface area (Å²) in [6.45, 7) is 0. The molecule has 0 unspecified atom stereocenters. The van der Waals surface area contributed by atoms with Crippen molar-refractivity contribution in [3.63, 3.8) is 0 Å². The van der Waals surface area contributed by atoms with Crippen molar-refractivity contribution in [3.05, 3.63) is 107 Å². The van der Waals surface area contributed by atoms with Crippen molar-refractivity contribution in [2.45, 2.75) is 0 Å². The van der Waals surface area contributed by atoms with Gasteiger partial charge in [0.25, 0.3) is 0 Å². The highest BCUT2D eigenvalue weighted by atomic mass is 127. The van der Waals surface area contributed by atoms with E-state index in [9.17, 15) is 0 Å². The highest BCUT2D eigenvalue weighted by molar-refractivity contribution is 14.1. The van der Waals surface area contributed by atoms with Crippen LogP contribution in [-0.2, 0) is 0 Å². The molecule has 0 fully saturated rings. The second kappa shape index (κ2) is 7.22. The van der Waals surface area contributed by atoms with Gasteiger partial charge in [0.1, 0.15) is 22.3 Å². The van der Waals surface area contributed by atoms with E-state index >= 15 is 0 Å². The molecule has 0 saturated carbocycles. The smallest absolute Gasteiger partial charge is 0.149 e. The Balaban J connectivity index is 1.40. The fourth-order valence-electron chi connectivity index (χ4n) is 4.84. The van der Waals surface area contributed by atoms with E-state index in [4.69, 9.17) is 8.83 Å². The summed E-state index contributed by atoms with van der Waals surface area (Å²) in [6.07, 6.45) is 0. The van der Waals surface area contributed by atoms with Crippen LogP contribution in [0.4, 0.5) is 0 Å². The normalized spacial score (nSPS) is 11.8. The van der Waals surface area contributed by atoms with Crippen LogP contribution in [0.25, 0.3) is 66.1 Å². The number of para-hydroxylation sites is 3. The Labute approximate surface area is 203 Å². The first-order chi connectivity index (χ1) is 16.3. The zero-order valence-corrected chi connectivity index (χ0v) is 19.7. The van der Waals surface area contributed by atoms with Crippen molar-refractivity contribution in [1.82, 2.24) is 0 Å². The molecule has 2 heterocycles. The Bertz CT molecular complexity index is 1820. The van der Waals surface area contributed by atoms with Crippen LogP contribution in [0.15, 0.2) is 112 Å². The average molecular weight is 536 g/mol. The second-order valence-corrected chi connectivity index (χ2v) is 9.42. The molecular weight excluding hydrogens is 519 g/mol. The number of halogens is 1. The SMILES string of the molecule is Ic1ccc(-c2ccc(-c3cccc4c3oc3ccccc34)cc2)c2c1oc1ccccc12. The molecule has 5 aromatic carbocycles. The van der Waals surface area contributed by atoms with Crippen molar-refractivity contribution < 1.29 is 8.83 Å². The Kier molecular flexibility index (Phi) is 4.15. The van der Waals surface area contributed by atoms with E-state index < -0.39 is 0 Å². The molecule has 7 rings (SSSR count). The minimum absolute atomic E-state index is 0.921. The topological polar surface area (TPSA) is 26.3 Å². The lowest BCUT2D eigenvalue weighted by atomic mass is 9.96. The predicted molar refractivity (Wildman–Crippen MR) is 145 cm³/mol. The van der Waals surface area contributed by atoms with Gasteiger partial charge in [0.15, 0.2) is 0 Å². The molecule has 2 nitrogen and oxygen atoms in total. The molecule has 33 heavy (non-hydrogen) atoms. The Morgan fingerprint density at radius 1 is 0.455 bits per heavy atom. The van der Waals surface area contributed by atoms with E-state index in [0.29, 0.717) is 0 Å². The van der Waals surface area contributed by atoms with Crippen LogP contribution in [0.2, 0.25) is 0 Å². The minimum Gasteiger partial charge on any atom is -0.455 e. The molecule has 156 valence electrons. The summed E-state index contributed by atoms with van der Waals surface area (Å²) >= 11 is 2.35. The zero-order chi connectivity index (χ0) is 21.9. The van der Waals surface area contributed by atoms with Crippen molar-refractivity contribution in [2.24, 2.45) is 0 Å². The number of fused-ring (bicyclic) bond motifs is 6. The average Bonchev–Trinajstić information content (AvgIpc) is 3.44. The highest BCUT2D eigenvalue weighted by Crippen LogP contribution is 2.40. The first-order valence-corrected chi connectivity index (χ1v) is 12.0. The van der Waals surface area contributed by atoms with Crippen LogP contribution in [-0.4, -0.2) is 0 Å². The Morgan fingerprint density at radius 2 is 1.06 bits per heavy atom. The summed E-state index contributed by atoms with van der Waals surface area (Å²) in [5.74, 6) is 0. The number of hydrogen-bond acceptors (Lipinski definition) is 2. The summed E-state index contributed by atoms with van der Waals surface area (Å²) < 4.78 is 13.6. The van der Waals surface area contributed by atoms with Crippen LogP contribution in [0, 0.1) is 3.57 Å². The fourth-order valence-corrected chi connectivity index (χ4v) is 5.40. The Hall–Kier alpha value is -3.57. The molecule has 2 aromatic heterocycles. The van der Waals surface area contributed by atoms with E-state index in [0.717, 1.165) is 53.2 Å². The summed E-state index contributed by atoms with van der Waals surface area (Å²) in [6, 6.07) is 35.9. The summed E-state index contributed by atoms with van der Waals surface area (Å²) in [4.78, 5) is 0. The summed E-state index contributed by atoms with van der Waals surface area (Å²) in [7, 11) is 0. The predicted octanol–water partition coefficient (Wildman–Crippen LogP) is 9.42. The van der Waals surface area contributed by atoms with Crippen LogP contribution < -0.4 is 0 Å².